The zero-order valence-corrected chi connectivity index (χ0v) is 16.7. The average molecular weight is 371 g/mol. The number of esters is 2. The summed E-state index contributed by atoms with van der Waals surface area (Å²) in [4.78, 5) is 22.0. The molecule has 5 heteroatoms. The fourth-order valence-corrected chi connectivity index (χ4v) is 2.92. The highest BCUT2D eigenvalue weighted by Gasteiger charge is 2.18. The zero-order chi connectivity index (χ0) is 19.6. The van der Waals surface area contributed by atoms with Crippen LogP contribution in [0.3, 0.4) is 0 Å². The summed E-state index contributed by atoms with van der Waals surface area (Å²) in [5.41, 5.74) is 0. The molecule has 0 spiro atoms. The van der Waals surface area contributed by atoms with Gasteiger partial charge in [-0.25, -0.2) is 0 Å². The maximum Gasteiger partial charge on any atom is 0.303 e. The van der Waals surface area contributed by atoms with E-state index in [-0.39, 0.29) is 6.61 Å². The van der Waals surface area contributed by atoms with Gasteiger partial charge < -0.3 is 14.6 Å². The van der Waals surface area contributed by atoms with Crippen LogP contribution < -0.4 is 0 Å². The third kappa shape index (κ3) is 17.5. The van der Waals surface area contributed by atoms with Crippen LogP contribution in [0.15, 0.2) is 12.7 Å². The summed E-state index contributed by atoms with van der Waals surface area (Å²) >= 11 is 0. The molecule has 2 unspecified atom stereocenters. The van der Waals surface area contributed by atoms with Gasteiger partial charge in [-0.2, -0.15) is 0 Å². The highest BCUT2D eigenvalue weighted by atomic mass is 16.6. The van der Waals surface area contributed by atoms with Gasteiger partial charge in [0.1, 0.15) is 12.7 Å². The number of allylic oxidation sites excluding steroid dienone is 1. The average Bonchev–Trinajstić information content (AvgIpc) is 2.57. The lowest BCUT2D eigenvalue weighted by atomic mass is 10.0. The summed E-state index contributed by atoms with van der Waals surface area (Å²) in [7, 11) is 0. The molecular weight excluding hydrogens is 332 g/mol. The molecule has 0 aliphatic rings. The largest absolute Gasteiger partial charge is 0.462 e. The molecule has 0 heterocycles. The highest BCUT2D eigenvalue weighted by molar-refractivity contribution is 5.67. The van der Waals surface area contributed by atoms with Crippen LogP contribution in [0.4, 0.5) is 0 Å². The number of ether oxygens (including phenoxy) is 2. The van der Waals surface area contributed by atoms with Crippen LogP contribution >= 0.6 is 0 Å². The lowest BCUT2D eigenvalue weighted by Crippen LogP contribution is -2.28. The van der Waals surface area contributed by atoms with Crippen molar-refractivity contribution in [3.63, 3.8) is 0 Å². The summed E-state index contributed by atoms with van der Waals surface area (Å²) in [5.74, 6) is -0.851. The molecule has 0 aromatic rings. The predicted octanol–water partition coefficient (Wildman–Crippen LogP) is 4.71. The van der Waals surface area contributed by atoms with E-state index in [4.69, 9.17) is 9.47 Å². The maximum atomic E-state index is 11.1. The van der Waals surface area contributed by atoms with Crippen LogP contribution in [0.1, 0.15) is 90.9 Å². The smallest absolute Gasteiger partial charge is 0.303 e. The number of unbranched alkanes of at least 4 members (excludes halogenated alkanes) is 9. The predicted molar refractivity (Wildman–Crippen MR) is 104 cm³/mol. The van der Waals surface area contributed by atoms with Crippen molar-refractivity contribution in [3.05, 3.63) is 12.7 Å². The van der Waals surface area contributed by atoms with Crippen molar-refractivity contribution in [2.24, 2.45) is 0 Å². The molecule has 0 fully saturated rings. The fraction of sp³-hybridized carbons (Fsp3) is 0.810. The number of aliphatic hydroxyl groups is 1. The van der Waals surface area contributed by atoms with Crippen molar-refractivity contribution in [2.75, 3.05) is 6.61 Å². The Morgan fingerprint density at radius 1 is 0.923 bits per heavy atom. The minimum Gasteiger partial charge on any atom is -0.462 e. The maximum absolute atomic E-state index is 11.1. The fourth-order valence-electron chi connectivity index (χ4n) is 2.92. The van der Waals surface area contributed by atoms with Crippen LogP contribution in [0.2, 0.25) is 0 Å². The van der Waals surface area contributed by atoms with E-state index in [1.54, 1.807) is 0 Å². The third-order valence-corrected chi connectivity index (χ3v) is 4.29. The molecule has 0 aliphatic carbocycles. The standard InChI is InChI=1S/C21H38O5/c1-4-5-6-7-8-9-10-11-12-13-14-15-20(24)16-21(26-19(3)23)17-25-18(2)22/h4,20-21,24H,1,5-17H2,2-3H3. The molecule has 0 saturated heterocycles. The van der Waals surface area contributed by atoms with Gasteiger partial charge in [-0.05, 0) is 19.3 Å². The summed E-state index contributed by atoms with van der Waals surface area (Å²) in [6.07, 6.45) is 13.9. The van der Waals surface area contributed by atoms with Gasteiger partial charge in [-0.3, -0.25) is 9.59 Å². The van der Waals surface area contributed by atoms with Gasteiger partial charge >= 0.3 is 11.9 Å². The first-order chi connectivity index (χ1) is 12.5. The Bertz CT molecular complexity index is 381. The van der Waals surface area contributed by atoms with Gasteiger partial charge in [-0.1, -0.05) is 57.4 Å². The number of rotatable bonds is 17. The molecule has 2 atom stereocenters. The van der Waals surface area contributed by atoms with Gasteiger partial charge in [0.2, 0.25) is 0 Å². The minimum atomic E-state index is -0.576. The first-order valence-electron chi connectivity index (χ1n) is 10.0. The van der Waals surface area contributed by atoms with Crippen molar-refractivity contribution in [1.82, 2.24) is 0 Å². The molecule has 26 heavy (non-hydrogen) atoms. The summed E-state index contributed by atoms with van der Waals surface area (Å²) < 4.78 is 9.98. The van der Waals surface area contributed by atoms with Gasteiger partial charge in [0.15, 0.2) is 0 Å². The monoisotopic (exact) mass is 370 g/mol. The molecule has 0 aromatic carbocycles. The zero-order valence-electron chi connectivity index (χ0n) is 16.7. The quantitative estimate of drug-likeness (QED) is 0.228. The van der Waals surface area contributed by atoms with Crippen molar-refractivity contribution in [1.29, 1.82) is 0 Å². The Hall–Kier alpha value is -1.36. The molecule has 0 amide bonds. The first kappa shape index (κ1) is 24.6. The van der Waals surface area contributed by atoms with Crippen LogP contribution in [-0.4, -0.2) is 35.9 Å². The van der Waals surface area contributed by atoms with Crippen molar-refractivity contribution >= 4 is 11.9 Å². The number of carbonyl (C=O) groups excluding carboxylic acids is 2. The minimum absolute atomic E-state index is 0.00122. The second kappa shape index (κ2) is 17.1. The number of carbonyl (C=O) groups is 2. The van der Waals surface area contributed by atoms with E-state index in [1.807, 2.05) is 6.08 Å². The lowest BCUT2D eigenvalue weighted by Gasteiger charge is -2.20. The van der Waals surface area contributed by atoms with Gasteiger partial charge in [0.05, 0.1) is 6.10 Å². The van der Waals surface area contributed by atoms with Gasteiger partial charge in [0.25, 0.3) is 0 Å². The van der Waals surface area contributed by atoms with E-state index in [2.05, 4.69) is 6.58 Å². The second-order valence-electron chi connectivity index (χ2n) is 6.97. The lowest BCUT2D eigenvalue weighted by molar-refractivity contribution is -0.158. The van der Waals surface area contributed by atoms with E-state index >= 15 is 0 Å². The topological polar surface area (TPSA) is 72.8 Å². The number of hydrogen-bond acceptors (Lipinski definition) is 5. The molecular formula is C21H38O5. The Labute approximate surface area is 159 Å². The van der Waals surface area contributed by atoms with Crippen LogP contribution in [0.25, 0.3) is 0 Å². The third-order valence-electron chi connectivity index (χ3n) is 4.29. The molecule has 0 aliphatic heterocycles. The Morgan fingerprint density at radius 2 is 1.46 bits per heavy atom. The highest BCUT2D eigenvalue weighted by Crippen LogP contribution is 2.14. The Morgan fingerprint density at radius 3 is 1.96 bits per heavy atom. The molecule has 152 valence electrons. The SMILES string of the molecule is C=CCCCCCCCCCCCC(O)CC(COC(C)=O)OC(C)=O. The molecule has 0 bridgehead atoms. The van der Waals surface area contributed by atoms with E-state index in [1.165, 1.54) is 58.8 Å². The van der Waals surface area contributed by atoms with Crippen molar-refractivity contribution < 1.29 is 24.2 Å². The van der Waals surface area contributed by atoms with E-state index in [9.17, 15) is 14.7 Å². The van der Waals surface area contributed by atoms with Crippen LogP contribution in [0, 0.1) is 0 Å². The number of aliphatic hydroxyl groups excluding tert-OH is 1. The van der Waals surface area contributed by atoms with Gasteiger partial charge in [0, 0.05) is 20.3 Å². The summed E-state index contributed by atoms with van der Waals surface area (Å²) in [6.45, 7) is 6.35. The summed E-state index contributed by atoms with van der Waals surface area (Å²) in [6, 6.07) is 0. The number of hydrogen-bond donors (Lipinski definition) is 1. The molecule has 0 radical (unpaired) electrons. The Kier molecular flexibility index (Phi) is 16.2. The summed E-state index contributed by atoms with van der Waals surface area (Å²) in [5, 5.41) is 10.1. The van der Waals surface area contributed by atoms with Gasteiger partial charge in [-0.15, -0.1) is 6.58 Å². The van der Waals surface area contributed by atoms with Crippen molar-refractivity contribution in [2.45, 2.75) is 103 Å². The normalized spacial score (nSPS) is 13.0. The molecule has 0 aromatic heterocycles. The van der Waals surface area contributed by atoms with E-state index in [0.29, 0.717) is 12.8 Å². The van der Waals surface area contributed by atoms with E-state index in [0.717, 1.165) is 19.3 Å². The molecule has 0 saturated carbocycles. The molecule has 5 nitrogen and oxygen atoms in total. The Balaban J connectivity index is 3.66. The molecule has 1 N–H and O–H groups in total. The van der Waals surface area contributed by atoms with E-state index < -0.39 is 24.1 Å². The van der Waals surface area contributed by atoms with Crippen LogP contribution in [-0.2, 0) is 19.1 Å². The first-order valence-corrected chi connectivity index (χ1v) is 10.0. The molecule has 0 rings (SSSR count). The second-order valence-corrected chi connectivity index (χ2v) is 6.97. The van der Waals surface area contributed by atoms with Crippen LogP contribution in [0.5, 0.6) is 0 Å². The van der Waals surface area contributed by atoms with Crippen molar-refractivity contribution in [3.8, 4) is 0 Å².